The maximum Gasteiger partial charge on any atom is 0.227 e. The van der Waals surface area contributed by atoms with Crippen LogP contribution in [0.25, 0.3) is 0 Å². The van der Waals surface area contributed by atoms with E-state index in [0.29, 0.717) is 5.92 Å². The largest absolute Gasteiger partial charge is 0.494 e. The van der Waals surface area contributed by atoms with Crippen LogP contribution in [-0.4, -0.2) is 30.5 Å². The Morgan fingerprint density at radius 2 is 1.81 bits per heavy atom. The van der Waals surface area contributed by atoms with E-state index in [0.717, 1.165) is 44.7 Å². The molecule has 0 aliphatic carbocycles. The van der Waals surface area contributed by atoms with Gasteiger partial charge in [0.2, 0.25) is 5.91 Å². The molecule has 0 unspecified atom stereocenters. The van der Waals surface area contributed by atoms with Crippen molar-refractivity contribution < 1.29 is 9.53 Å². The Morgan fingerprint density at radius 3 is 2.38 bits per heavy atom. The SMILES string of the molecule is CC(C)(C)C(=O)N1CCC(CCOc2ccccc2)CC1. The van der Waals surface area contributed by atoms with Crippen LogP contribution < -0.4 is 4.74 Å². The Kier molecular flexibility index (Phi) is 5.27. The number of amides is 1. The van der Waals surface area contributed by atoms with E-state index in [-0.39, 0.29) is 11.3 Å². The summed E-state index contributed by atoms with van der Waals surface area (Å²) in [6, 6.07) is 9.96. The van der Waals surface area contributed by atoms with Crippen molar-refractivity contribution in [3.63, 3.8) is 0 Å². The smallest absolute Gasteiger partial charge is 0.227 e. The molecule has 21 heavy (non-hydrogen) atoms. The lowest BCUT2D eigenvalue weighted by Crippen LogP contribution is -2.44. The minimum Gasteiger partial charge on any atom is -0.494 e. The molecule has 1 amide bonds. The van der Waals surface area contributed by atoms with Crippen LogP contribution in [0.2, 0.25) is 0 Å². The zero-order valence-electron chi connectivity index (χ0n) is 13.5. The predicted octanol–water partition coefficient (Wildman–Crippen LogP) is 3.74. The molecule has 1 fully saturated rings. The molecule has 0 saturated carbocycles. The second kappa shape index (κ2) is 6.97. The van der Waals surface area contributed by atoms with Gasteiger partial charge in [-0.1, -0.05) is 39.0 Å². The summed E-state index contributed by atoms with van der Waals surface area (Å²) in [7, 11) is 0. The number of carbonyl (C=O) groups is 1. The Balaban J connectivity index is 1.69. The van der Waals surface area contributed by atoms with Gasteiger partial charge in [0.05, 0.1) is 6.61 Å². The molecular weight excluding hydrogens is 262 g/mol. The predicted molar refractivity (Wildman–Crippen MR) is 85.3 cm³/mol. The van der Waals surface area contributed by atoms with Crippen LogP contribution in [0.4, 0.5) is 0 Å². The molecule has 1 aliphatic heterocycles. The maximum absolute atomic E-state index is 12.2. The minimum absolute atomic E-state index is 0.261. The van der Waals surface area contributed by atoms with E-state index in [1.807, 2.05) is 56.0 Å². The Bertz CT molecular complexity index is 442. The van der Waals surface area contributed by atoms with Crippen LogP contribution in [0.3, 0.4) is 0 Å². The Morgan fingerprint density at radius 1 is 1.19 bits per heavy atom. The van der Waals surface area contributed by atoms with Crippen LogP contribution in [-0.2, 0) is 4.79 Å². The number of hydrogen-bond acceptors (Lipinski definition) is 2. The molecule has 0 aromatic heterocycles. The molecule has 1 saturated heterocycles. The number of piperidine rings is 1. The van der Waals surface area contributed by atoms with Crippen LogP contribution in [0, 0.1) is 11.3 Å². The molecule has 2 rings (SSSR count). The van der Waals surface area contributed by atoms with E-state index in [1.165, 1.54) is 0 Å². The summed E-state index contributed by atoms with van der Waals surface area (Å²) in [5, 5.41) is 0. The second-order valence-electron chi connectivity index (χ2n) is 6.94. The van der Waals surface area contributed by atoms with Crippen LogP contribution in [0.1, 0.15) is 40.0 Å². The number of benzene rings is 1. The Hall–Kier alpha value is -1.51. The molecule has 0 spiro atoms. The number of ether oxygens (including phenoxy) is 1. The number of hydrogen-bond donors (Lipinski definition) is 0. The molecular formula is C18H27NO2. The third-order valence-electron chi connectivity index (χ3n) is 4.08. The van der Waals surface area contributed by atoms with Gasteiger partial charge >= 0.3 is 0 Å². The highest BCUT2D eigenvalue weighted by atomic mass is 16.5. The zero-order chi connectivity index (χ0) is 15.3. The van der Waals surface area contributed by atoms with Gasteiger partial charge in [0.25, 0.3) is 0 Å². The lowest BCUT2D eigenvalue weighted by Gasteiger charge is -2.35. The fourth-order valence-corrected chi connectivity index (χ4v) is 2.76. The standard InChI is InChI=1S/C18H27NO2/c1-18(2,3)17(20)19-12-9-15(10-13-19)11-14-21-16-7-5-4-6-8-16/h4-8,15H,9-14H2,1-3H3. The first-order chi connectivity index (χ1) is 9.97. The van der Waals surface area contributed by atoms with Crippen molar-refractivity contribution in [2.45, 2.75) is 40.0 Å². The Labute approximate surface area is 128 Å². The number of para-hydroxylation sites is 1. The molecule has 116 valence electrons. The van der Waals surface area contributed by atoms with E-state index >= 15 is 0 Å². The van der Waals surface area contributed by atoms with E-state index in [4.69, 9.17) is 4.74 Å². The minimum atomic E-state index is -0.261. The van der Waals surface area contributed by atoms with Gasteiger partial charge in [-0.25, -0.2) is 0 Å². The van der Waals surface area contributed by atoms with Crippen molar-refractivity contribution in [1.29, 1.82) is 0 Å². The molecule has 0 N–H and O–H groups in total. The van der Waals surface area contributed by atoms with Gasteiger partial charge in [-0.2, -0.15) is 0 Å². The zero-order valence-corrected chi connectivity index (χ0v) is 13.5. The monoisotopic (exact) mass is 289 g/mol. The van der Waals surface area contributed by atoms with Gasteiger partial charge < -0.3 is 9.64 Å². The third-order valence-corrected chi connectivity index (χ3v) is 4.08. The summed E-state index contributed by atoms with van der Waals surface area (Å²) in [6.07, 6.45) is 3.27. The summed E-state index contributed by atoms with van der Waals surface area (Å²) in [6.45, 7) is 8.54. The molecule has 0 atom stereocenters. The first-order valence-electron chi connectivity index (χ1n) is 7.94. The van der Waals surface area contributed by atoms with Crippen molar-refractivity contribution in [2.75, 3.05) is 19.7 Å². The van der Waals surface area contributed by atoms with Crippen molar-refractivity contribution in [3.8, 4) is 5.75 Å². The number of carbonyl (C=O) groups excluding carboxylic acids is 1. The van der Waals surface area contributed by atoms with E-state index in [9.17, 15) is 4.79 Å². The fourth-order valence-electron chi connectivity index (χ4n) is 2.76. The normalized spacial score (nSPS) is 16.8. The van der Waals surface area contributed by atoms with Gasteiger partial charge in [0.1, 0.15) is 5.75 Å². The molecule has 1 aliphatic rings. The first-order valence-corrected chi connectivity index (χ1v) is 7.94. The molecule has 3 heteroatoms. The molecule has 3 nitrogen and oxygen atoms in total. The quantitative estimate of drug-likeness (QED) is 0.845. The van der Waals surface area contributed by atoms with Crippen LogP contribution >= 0.6 is 0 Å². The third kappa shape index (κ3) is 4.76. The summed E-state index contributed by atoms with van der Waals surface area (Å²) < 4.78 is 5.76. The van der Waals surface area contributed by atoms with E-state index < -0.39 is 0 Å². The lowest BCUT2D eigenvalue weighted by molar-refractivity contribution is -0.140. The van der Waals surface area contributed by atoms with Crippen molar-refractivity contribution in [3.05, 3.63) is 30.3 Å². The molecule has 1 heterocycles. The van der Waals surface area contributed by atoms with Crippen molar-refractivity contribution in [2.24, 2.45) is 11.3 Å². The summed E-state index contributed by atoms with van der Waals surface area (Å²) in [4.78, 5) is 14.2. The molecule has 1 aromatic rings. The van der Waals surface area contributed by atoms with Crippen LogP contribution in [0.15, 0.2) is 30.3 Å². The van der Waals surface area contributed by atoms with Gasteiger partial charge in [0, 0.05) is 18.5 Å². The highest BCUT2D eigenvalue weighted by Gasteiger charge is 2.30. The van der Waals surface area contributed by atoms with E-state index in [2.05, 4.69) is 0 Å². The van der Waals surface area contributed by atoms with Crippen LogP contribution in [0.5, 0.6) is 5.75 Å². The first kappa shape index (κ1) is 15.9. The highest BCUT2D eigenvalue weighted by Crippen LogP contribution is 2.25. The average Bonchev–Trinajstić information content (AvgIpc) is 2.47. The van der Waals surface area contributed by atoms with E-state index in [1.54, 1.807) is 0 Å². The number of likely N-dealkylation sites (tertiary alicyclic amines) is 1. The maximum atomic E-state index is 12.2. The molecule has 0 bridgehead atoms. The van der Waals surface area contributed by atoms with Gasteiger partial charge in [-0.05, 0) is 37.3 Å². The molecule has 1 aromatic carbocycles. The second-order valence-corrected chi connectivity index (χ2v) is 6.94. The fraction of sp³-hybridized carbons (Fsp3) is 0.611. The summed E-state index contributed by atoms with van der Waals surface area (Å²) in [5.74, 6) is 1.90. The summed E-state index contributed by atoms with van der Waals surface area (Å²) in [5.41, 5.74) is -0.261. The van der Waals surface area contributed by atoms with Crippen molar-refractivity contribution >= 4 is 5.91 Å². The highest BCUT2D eigenvalue weighted by molar-refractivity contribution is 5.81. The van der Waals surface area contributed by atoms with Crippen molar-refractivity contribution in [1.82, 2.24) is 4.90 Å². The summed E-state index contributed by atoms with van der Waals surface area (Å²) >= 11 is 0. The number of rotatable bonds is 4. The number of nitrogens with zero attached hydrogens (tertiary/aromatic N) is 1. The topological polar surface area (TPSA) is 29.5 Å². The average molecular weight is 289 g/mol. The van der Waals surface area contributed by atoms with Gasteiger partial charge in [-0.15, -0.1) is 0 Å². The van der Waals surface area contributed by atoms with Gasteiger partial charge in [-0.3, -0.25) is 4.79 Å². The lowest BCUT2D eigenvalue weighted by atomic mass is 9.90. The molecule has 0 radical (unpaired) electrons. The van der Waals surface area contributed by atoms with Gasteiger partial charge in [0.15, 0.2) is 0 Å².